The monoisotopic (exact) mass is 192 g/mol. The van der Waals surface area contributed by atoms with E-state index in [2.05, 4.69) is 11.8 Å². The van der Waals surface area contributed by atoms with Crippen LogP contribution in [-0.2, 0) is 4.79 Å². The van der Waals surface area contributed by atoms with E-state index < -0.39 is 0 Å². The van der Waals surface area contributed by atoms with Crippen LogP contribution in [0.2, 0.25) is 0 Å². The molecule has 0 aromatic rings. The van der Waals surface area contributed by atoms with Gasteiger partial charge in [-0.3, -0.25) is 9.69 Å². The third-order valence-corrected chi connectivity index (χ3v) is 2.20. The van der Waals surface area contributed by atoms with E-state index in [9.17, 15) is 4.79 Å². The SMILES string of the molecule is CCCN1CCC[C@H]1C(N)=O.Cl. The minimum atomic E-state index is -0.157. The second-order valence-corrected chi connectivity index (χ2v) is 3.10. The summed E-state index contributed by atoms with van der Waals surface area (Å²) >= 11 is 0. The first-order chi connectivity index (χ1) is 5.25. The zero-order chi connectivity index (χ0) is 8.27. The van der Waals surface area contributed by atoms with E-state index in [-0.39, 0.29) is 24.4 Å². The van der Waals surface area contributed by atoms with E-state index >= 15 is 0 Å². The maximum absolute atomic E-state index is 10.9. The highest BCUT2D eigenvalue weighted by molar-refractivity contribution is 5.85. The Morgan fingerprint density at radius 1 is 1.67 bits per heavy atom. The number of nitrogens with zero attached hydrogens (tertiary/aromatic N) is 1. The molecule has 2 N–H and O–H groups in total. The van der Waals surface area contributed by atoms with E-state index in [0.29, 0.717) is 0 Å². The quantitative estimate of drug-likeness (QED) is 0.718. The van der Waals surface area contributed by atoms with Gasteiger partial charge in [-0.1, -0.05) is 6.92 Å². The summed E-state index contributed by atoms with van der Waals surface area (Å²) in [6, 6.07) is 0.0231. The molecule has 0 spiro atoms. The first-order valence-corrected chi connectivity index (χ1v) is 4.29. The van der Waals surface area contributed by atoms with Gasteiger partial charge in [0.25, 0.3) is 0 Å². The first-order valence-electron chi connectivity index (χ1n) is 4.29. The van der Waals surface area contributed by atoms with E-state index in [1.54, 1.807) is 0 Å². The van der Waals surface area contributed by atoms with Crippen molar-refractivity contribution in [2.24, 2.45) is 5.73 Å². The molecular formula is C8H17ClN2O. The number of rotatable bonds is 3. The number of primary amides is 1. The van der Waals surface area contributed by atoms with E-state index in [4.69, 9.17) is 5.73 Å². The number of carbonyl (C=O) groups is 1. The number of carbonyl (C=O) groups excluding carboxylic acids is 1. The van der Waals surface area contributed by atoms with Gasteiger partial charge in [0, 0.05) is 0 Å². The van der Waals surface area contributed by atoms with Gasteiger partial charge in [-0.15, -0.1) is 12.4 Å². The third-order valence-electron chi connectivity index (χ3n) is 2.20. The van der Waals surface area contributed by atoms with Gasteiger partial charge in [0.15, 0.2) is 0 Å². The molecular weight excluding hydrogens is 176 g/mol. The smallest absolute Gasteiger partial charge is 0.234 e. The molecule has 1 rings (SSSR count). The number of amides is 1. The highest BCUT2D eigenvalue weighted by atomic mass is 35.5. The Hall–Kier alpha value is -0.280. The summed E-state index contributed by atoms with van der Waals surface area (Å²) in [5.74, 6) is -0.157. The zero-order valence-corrected chi connectivity index (χ0v) is 8.27. The van der Waals surface area contributed by atoms with Crippen LogP contribution >= 0.6 is 12.4 Å². The van der Waals surface area contributed by atoms with E-state index in [1.807, 2.05) is 0 Å². The predicted molar refractivity (Wildman–Crippen MR) is 51.3 cm³/mol. The van der Waals surface area contributed by atoms with E-state index in [1.165, 1.54) is 0 Å². The van der Waals surface area contributed by atoms with Gasteiger partial charge in [0.05, 0.1) is 6.04 Å². The molecule has 0 radical (unpaired) electrons. The molecule has 0 saturated carbocycles. The molecule has 1 aliphatic heterocycles. The molecule has 1 heterocycles. The molecule has 1 saturated heterocycles. The maximum atomic E-state index is 10.9. The number of nitrogens with two attached hydrogens (primary N) is 1. The van der Waals surface area contributed by atoms with Crippen molar-refractivity contribution in [1.82, 2.24) is 4.90 Å². The van der Waals surface area contributed by atoms with Crippen LogP contribution in [0.5, 0.6) is 0 Å². The Bertz CT molecular complexity index is 152. The topological polar surface area (TPSA) is 46.3 Å². The lowest BCUT2D eigenvalue weighted by atomic mass is 10.2. The Kier molecular flexibility index (Phi) is 5.25. The molecule has 72 valence electrons. The average molecular weight is 193 g/mol. The number of hydrogen-bond donors (Lipinski definition) is 1. The fourth-order valence-corrected chi connectivity index (χ4v) is 1.70. The van der Waals surface area contributed by atoms with Crippen LogP contribution in [0.3, 0.4) is 0 Å². The second kappa shape index (κ2) is 5.38. The van der Waals surface area contributed by atoms with Gasteiger partial charge in [-0.05, 0) is 32.4 Å². The van der Waals surface area contributed by atoms with Gasteiger partial charge < -0.3 is 5.73 Å². The Labute approximate surface area is 79.7 Å². The fraction of sp³-hybridized carbons (Fsp3) is 0.875. The Balaban J connectivity index is 0.00000121. The summed E-state index contributed by atoms with van der Waals surface area (Å²) in [6.45, 7) is 4.17. The van der Waals surface area contributed by atoms with Crippen molar-refractivity contribution >= 4 is 18.3 Å². The standard InChI is InChI=1S/C8H16N2O.ClH/c1-2-5-10-6-3-4-7(10)8(9)11;/h7H,2-6H2,1H3,(H2,9,11);1H/t7-;/m0./s1. The van der Waals surface area contributed by atoms with Gasteiger partial charge in [0.1, 0.15) is 0 Å². The van der Waals surface area contributed by atoms with Crippen molar-refractivity contribution in [1.29, 1.82) is 0 Å². The maximum Gasteiger partial charge on any atom is 0.234 e. The van der Waals surface area contributed by atoms with Crippen molar-refractivity contribution in [3.05, 3.63) is 0 Å². The summed E-state index contributed by atoms with van der Waals surface area (Å²) in [4.78, 5) is 13.1. The Morgan fingerprint density at radius 3 is 2.83 bits per heavy atom. The molecule has 0 aromatic heterocycles. The lowest BCUT2D eigenvalue weighted by Gasteiger charge is -2.20. The molecule has 1 atom stereocenters. The fourth-order valence-electron chi connectivity index (χ4n) is 1.70. The molecule has 0 bridgehead atoms. The van der Waals surface area contributed by atoms with Crippen LogP contribution in [0.1, 0.15) is 26.2 Å². The van der Waals surface area contributed by atoms with Crippen LogP contribution in [0, 0.1) is 0 Å². The molecule has 0 aliphatic carbocycles. The van der Waals surface area contributed by atoms with Gasteiger partial charge in [-0.2, -0.15) is 0 Å². The summed E-state index contributed by atoms with van der Waals surface area (Å²) in [7, 11) is 0. The van der Waals surface area contributed by atoms with E-state index in [0.717, 1.165) is 32.4 Å². The van der Waals surface area contributed by atoms with Crippen LogP contribution < -0.4 is 5.73 Å². The molecule has 1 fully saturated rings. The molecule has 0 unspecified atom stereocenters. The summed E-state index contributed by atoms with van der Waals surface area (Å²) in [5, 5.41) is 0. The summed E-state index contributed by atoms with van der Waals surface area (Å²) < 4.78 is 0. The van der Waals surface area contributed by atoms with Crippen LogP contribution in [-0.4, -0.2) is 29.9 Å². The molecule has 1 amide bonds. The largest absolute Gasteiger partial charge is 0.368 e. The molecule has 0 aromatic carbocycles. The predicted octanol–water partition coefficient (Wildman–Crippen LogP) is 0.768. The minimum Gasteiger partial charge on any atom is -0.368 e. The zero-order valence-electron chi connectivity index (χ0n) is 7.45. The highest BCUT2D eigenvalue weighted by Gasteiger charge is 2.27. The minimum absolute atomic E-state index is 0. The van der Waals surface area contributed by atoms with Gasteiger partial charge in [-0.25, -0.2) is 0 Å². The average Bonchev–Trinajstić information content (AvgIpc) is 2.36. The van der Waals surface area contributed by atoms with Crippen molar-refractivity contribution in [3.8, 4) is 0 Å². The lowest BCUT2D eigenvalue weighted by molar-refractivity contribution is -0.122. The normalized spacial score (nSPS) is 23.6. The van der Waals surface area contributed by atoms with Crippen LogP contribution in [0.4, 0.5) is 0 Å². The van der Waals surface area contributed by atoms with Gasteiger partial charge >= 0.3 is 0 Å². The number of hydrogen-bond acceptors (Lipinski definition) is 2. The lowest BCUT2D eigenvalue weighted by Crippen LogP contribution is -2.40. The first kappa shape index (κ1) is 11.7. The van der Waals surface area contributed by atoms with Crippen molar-refractivity contribution in [2.45, 2.75) is 32.2 Å². The van der Waals surface area contributed by atoms with Gasteiger partial charge in [0.2, 0.25) is 5.91 Å². The van der Waals surface area contributed by atoms with Crippen molar-refractivity contribution in [2.75, 3.05) is 13.1 Å². The Morgan fingerprint density at radius 2 is 2.33 bits per heavy atom. The molecule has 12 heavy (non-hydrogen) atoms. The molecule has 3 nitrogen and oxygen atoms in total. The highest BCUT2D eigenvalue weighted by Crippen LogP contribution is 2.16. The number of halogens is 1. The summed E-state index contributed by atoms with van der Waals surface area (Å²) in [5.41, 5.74) is 5.24. The second-order valence-electron chi connectivity index (χ2n) is 3.10. The van der Waals surface area contributed by atoms with Crippen LogP contribution in [0.25, 0.3) is 0 Å². The molecule has 4 heteroatoms. The third kappa shape index (κ3) is 2.64. The summed E-state index contributed by atoms with van der Waals surface area (Å²) in [6.07, 6.45) is 3.17. The van der Waals surface area contributed by atoms with Crippen molar-refractivity contribution < 1.29 is 4.79 Å². The molecule has 1 aliphatic rings. The van der Waals surface area contributed by atoms with Crippen LogP contribution in [0.15, 0.2) is 0 Å². The number of likely N-dealkylation sites (tertiary alicyclic amines) is 1. The van der Waals surface area contributed by atoms with Crippen molar-refractivity contribution in [3.63, 3.8) is 0 Å².